The third-order valence-electron chi connectivity index (χ3n) is 4.62. The van der Waals surface area contributed by atoms with Crippen molar-refractivity contribution in [2.45, 2.75) is 19.8 Å². The van der Waals surface area contributed by atoms with Crippen LogP contribution in [0.15, 0.2) is 48.0 Å². The van der Waals surface area contributed by atoms with Gasteiger partial charge in [0.25, 0.3) is 0 Å². The lowest BCUT2D eigenvalue weighted by Crippen LogP contribution is -2.38. The van der Waals surface area contributed by atoms with Gasteiger partial charge >= 0.3 is 0 Å². The first kappa shape index (κ1) is 16.5. The van der Waals surface area contributed by atoms with E-state index in [1.165, 1.54) is 11.3 Å². The van der Waals surface area contributed by atoms with E-state index in [1.54, 1.807) is 12.3 Å². The molecule has 1 atom stereocenters. The zero-order valence-corrected chi connectivity index (χ0v) is 15.2. The van der Waals surface area contributed by atoms with E-state index in [1.807, 2.05) is 49.6 Å². The molecule has 0 saturated carbocycles. The van der Waals surface area contributed by atoms with Gasteiger partial charge in [0.1, 0.15) is 11.6 Å². The maximum Gasteiger partial charge on any atom is 0.232 e. The van der Waals surface area contributed by atoms with Gasteiger partial charge in [-0.3, -0.25) is 4.79 Å². The van der Waals surface area contributed by atoms with Crippen molar-refractivity contribution in [3.05, 3.63) is 59.1 Å². The number of nitrogens with one attached hydrogen (secondary N) is 1. The van der Waals surface area contributed by atoms with Crippen LogP contribution >= 0.6 is 11.3 Å². The quantitative estimate of drug-likeness (QED) is 0.730. The molecule has 1 aromatic carbocycles. The number of rotatable bonds is 3. The van der Waals surface area contributed by atoms with Crippen molar-refractivity contribution in [2.75, 3.05) is 11.1 Å². The highest BCUT2D eigenvalue weighted by Gasteiger charge is 2.44. The Bertz CT molecular complexity index is 969. The Morgan fingerprint density at radius 3 is 2.81 bits per heavy atom. The van der Waals surface area contributed by atoms with Crippen molar-refractivity contribution in [1.29, 1.82) is 0 Å². The topological polar surface area (TPSA) is 90.1 Å². The summed E-state index contributed by atoms with van der Waals surface area (Å²) >= 11 is 1.39. The van der Waals surface area contributed by atoms with E-state index >= 15 is 0 Å². The molecule has 3 aromatic rings. The van der Waals surface area contributed by atoms with Gasteiger partial charge in [0.2, 0.25) is 11.8 Å². The third kappa shape index (κ3) is 2.70. The van der Waals surface area contributed by atoms with Crippen LogP contribution in [0.25, 0.3) is 0 Å². The normalized spacial score (nSPS) is 15.5. The van der Waals surface area contributed by atoms with Crippen molar-refractivity contribution >= 4 is 28.2 Å². The number of nitrogens with two attached hydrogens (primary N) is 1. The minimum Gasteiger partial charge on any atom is -0.438 e. The number of para-hydroxylation sites is 1. The van der Waals surface area contributed by atoms with Crippen molar-refractivity contribution < 1.29 is 9.53 Å². The number of ether oxygens (including phenoxy) is 1. The second kappa shape index (κ2) is 6.10. The molecule has 0 saturated heterocycles. The lowest BCUT2D eigenvalue weighted by molar-refractivity contribution is -0.124. The number of anilines is 2. The molecular weight excluding hydrogens is 348 g/mol. The van der Waals surface area contributed by atoms with Crippen LogP contribution in [-0.2, 0) is 4.79 Å². The number of amides is 1. The van der Waals surface area contributed by atoms with Crippen LogP contribution in [-0.4, -0.2) is 15.9 Å². The Balaban J connectivity index is 1.80. The average Bonchev–Trinajstić information content (AvgIpc) is 3.12. The average molecular weight is 366 g/mol. The molecule has 3 N–H and O–H groups in total. The molecule has 1 aliphatic rings. The number of benzene rings is 1. The molecule has 2 aromatic heterocycles. The van der Waals surface area contributed by atoms with Gasteiger partial charge in [-0.2, -0.15) is 4.98 Å². The Kier molecular flexibility index (Phi) is 3.88. The number of pyridine rings is 1. The third-order valence-corrected chi connectivity index (χ3v) is 5.31. The number of nitrogen functional groups attached to an aromatic ring is 1. The molecule has 6 nitrogen and oxygen atoms in total. The van der Waals surface area contributed by atoms with Crippen molar-refractivity contribution in [3.8, 4) is 11.6 Å². The highest BCUT2D eigenvalue weighted by molar-refractivity contribution is 7.13. The van der Waals surface area contributed by atoms with Crippen LogP contribution in [0.2, 0.25) is 0 Å². The summed E-state index contributed by atoms with van der Waals surface area (Å²) < 4.78 is 5.94. The summed E-state index contributed by atoms with van der Waals surface area (Å²) in [6.07, 6.45) is 1.67. The fourth-order valence-corrected chi connectivity index (χ4v) is 3.83. The number of thiazole rings is 1. The van der Waals surface area contributed by atoms with E-state index in [0.717, 1.165) is 11.1 Å². The highest BCUT2D eigenvalue weighted by atomic mass is 32.1. The van der Waals surface area contributed by atoms with Gasteiger partial charge in [-0.25, -0.2) is 4.98 Å². The summed E-state index contributed by atoms with van der Waals surface area (Å²) in [5.41, 5.74) is 6.86. The number of nitrogens with zero attached hydrogens (tertiary/aromatic N) is 2. The first-order valence-corrected chi connectivity index (χ1v) is 9.09. The Morgan fingerprint density at radius 1 is 1.23 bits per heavy atom. The molecule has 1 aliphatic heterocycles. The van der Waals surface area contributed by atoms with Gasteiger partial charge in [0.15, 0.2) is 5.13 Å². The van der Waals surface area contributed by atoms with Gasteiger partial charge < -0.3 is 15.8 Å². The summed E-state index contributed by atoms with van der Waals surface area (Å²) in [6, 6.07) is 11.3. The molecule has 132 valence electrons. The largest absolute Gasteiger partial charge is 0.438 e. The van der Waals surface area contributed by atoms with Crippen molar-refractivity contribution in [1.82, 2.24) is 9.97 Å². The molecule has 0 aliphatic carbocycles. The molecule has 1 amide bonds. The smallest absolute Gasteiger partial charge is 0.232 e. The molecule has 7 heteroatoms. The molecular formula is C19H18N4O2S. The molecule has 3 heterocycles. The number of carbonyl (C=O) groups is 1. The maximum absolute atomic E-state index is 13.1. The molecule has 1 unspecified atom stereocenters. The van der Waals surface area contributed by atoms with Gasteiger partial charge in [-0.1, -0.05) is 32.0 Å². The number of carbonyl (C=O) groups excluding carboxylic acids is 1. The first-order chi connectivity index (χ1) is 12.5. The predicted molar refractivity (Wildman–Crippen MR) is 102 cm³/mol. The minimum atomic E-state index is -0.766. The summed E-state index contributed by atoms with van der Waals surface area (Å²) in [5, 5.41) is 5.33. The fourth-order valence-electron chi connectivity index (χ4n) is 3.30. The number of hydrogen-bond acceptors (Lipinski definition) is 6. The summed E-state index contributed by atoms with van der Waals surface area (Å²) in [4.78, 5) is 21.6. The second-order valence-corrected chi connectivity index (χ2v) is 7.61. The molecule has 0 radical (unpaired) electrons. The molecule has 0 spiro atoms. The SMILES string of the molecule is CC(C)(C(=O)Nc1nccs1)C1c2ccccc2Oc2nc(N)ccc21. The van der Waals surface area contributed by atoms with E-state index in [4.69, 9.17) is 10.5 Å². The Hall–Kier alpha value is -2.93. The fraction of sp³-hybridized carbons (Fsp3) is 0.211. The van der Waals surface area contributed by atoms with Gasteiger partial charge in [0.05, 0.1) is 5.41 Å². The van der Waals surface area contributed by atoms with E-state index < -0.39 is 5.41 Å². The highest BCUT2D eigenvalue weighted by Crippen LogP contribution is 2.51. The number of fused-ring (bicyclic) bond motifs is 2. The monoisotopic (exact) mass is 366 g/mol. The van der Waals surface area contributed by atoms with Crippen molar-refractivity contribution in [3.63, 3.8) is 0 Å². The second-order valence-electron chi connectivity index (χ2n) is 6.72. The molecule has 0 bridgehead atoms. The maximum atomic E-state index is 13.1. The molecule has 0 fully saturated rings. The molecule has 4 rings (SSSR count). The van der Waals surface area contributed by atoms with Crippen LogP contribution in [0.5, 0.6) is 11.6 Å². The zero-order chi connectivity index (χ0) is 18.3. The predicted octanol–water partition coefficient (Wildman–Crippen LogP) is 4.02. The summed E-state index contributed by atoms with van der Waals surface area (Å²) in [6.45, 7) is 3.84. The standard InChI is InChI=1S/C19H18N4O2S/c1-19(2,17(24)23-18-21-9-10-26-18)15-11-5-3-4-6-13(11)25-16-12(15)7-8-14(20)22-16/h3-10,15H,1-2H3,(H2,20,22)(H,21,23,24). The van der Waals surface area contributed by atoms with Crippen LogP contribution in [0.4, 0.5) is 10.9 Å². The molecule has 26 heavy (non-hydrogen) atoms. The van der Waals surface area contributed by atoms with E-state index in [0.29, 0.717) is 22.6 Å². The number of aromatic nitrogens is 2. The summed E-state index contributed by atoms with van der Waals surface area (Å²) in [5.74, 6) is 1.18. The van der Waals surface area contributed by atoms with E-state index in [-0.39, 0.29) is 11.8 Å². The van der Waals surface area contributed by atoms with E-state index in [2.05, 4.69) is 15.3 Å². The van der Waals surface area contributed by atoms with Crippen LogP contribution in [0.3, 0.4) is 0 Å². The van der Waals surface area contributed by atoms with Gasteiger partial charge in [-0.05, 0) is 18.2 Å². The summed E-state index contributed by atoms with van der Waals surface area (Å²) in [7, 11) is 0. The lowest BCUT2D eigenvalue weighted by Gasteiger charge is -2.37. The Morgan fingerprint density at radius 2 is 2.04 bits per heavy atom. The van der Waals surface area contributed by atoms with Gasteiger partial charge in [-0.15, -0.1) is 11.3 Å². The van der Waals surface area contributed by atoms with Crippen molar-refractivity contribution in [2.24, 2.45) is 5.41 Å². The van der Waals surface area contributed by atoms with E-state index in [9.17, 15) is 4.79 Å². The van der Waals surface area contributed by atoms with Gasteiger partial charge in [0, 0.05) is 28.6 Å². The minimum absolute atomic E-state index is 0.114. The van der Waals surface area contributed by atoms with Crippen LogP contribution in [0.1, 0.15) is 30.9 Å². The first-order valence-electron chi connectivity index (χ1n) is 8.21. The Labute approximate surface area is 155 Å². The zero-order valence-electron chi connectivity index (χ0n) is 14.4. The number of hydrogen-bond donors (Lipinski definition) is 2. The lowest BCUT2D eigenvalue weighted by atomic mass is 9.70. The van der Waals surface area contributed by atoms with Crippen LogP contribution in [0, 0.1) is 5.41 Å². The van der Waals surface area contributed by atoms with Crippen LogP contribution < -0.4 is 15.8 Å².